The van der Waals surface area contributed by atoms with E-state index < -0.39 is 0 Å². The summed E-state index contributed by atoms with van der Waals surface area (Å²) in [6.45, 7) is 3.49. The Kier molecular flexibility index (Phi) is 2.57. The number of fused-ring (bicyclic) bond motifs is 1. The molecule has 0 amide bonds. The SMILES string of the molecule is CC(=O)O[C@@H]1CCC[C@]2(C)C(=O)CC[C@@H]12. The molecular formula is C12H18O3. The quantitative estimate of drug-likeness (QED) is 0.622. The summed E-state index contributed by atoms with van der Waals surface area (Å²) in [5, 5.41) is 0. The van der Waals surface area contributed by atoms with E-state index in [2.05, 4.69) is 0 Å². The maximum atomic E-state index is 11.8. The van der Waals surface area contributed by atoms with E-state index in [1.807, 2.05) is 6.92 Å². The molecule has 3 atom stereocenters. The molecule has 0 bridgehead atoms. The van der Waals surface area contributed by atoms with Crippen molar-refractivity contribution >= 4 is 11.8 Å². The van der Waals surface area contributed by atoms with Gasteiger partial charge in [-0.2, -0.15) is 0 Å². The molecule has 3 nitrogen and oxygen atoms in total. The van der Waals surface area contributed by atoms with Crippen molar-refractivity contribution in [1.29, 1.82) is 0 Å². The van der Waals surface area contributed by atoms with Crippen molar-refractivity contribution in [2.75, 3.05) is 0 Å². The molecule has 0 N–H and O–H groups in total. The van der Waals surface area contributed by atoms with Gasteiger partial charge in [-0.15, -0.1) is 0 Å². The molecule has 15 heavy (non-hydrogen) atoms. The fourth-order valence-corrected chi connectivity index (χ4v) is 3.24. The molecule has 0 aromatic heterocycles. The predicted octanol–water partition coefficient (Wildman–Crippen LogP) is 2.09. The average Bonchev–Trinajstić information content (AvgIpc) is 2.43. The van der Waals surface area contributed by atoms with Crippen LogP contribution in [0.2, 0.25) is 0 Å². The summed E-state index contributed by atoms with van der Waals surface area (Å²) >= 11 is 0. The highest BCUT2D eigenvalue weighted by atomic mass is 16.5. The molecule has 2 fully saturated rings. The van der Waals surface area contributed by atoms with Crippen molar-refractivity contribution in [2.24, 2.45) is 11.3 Å². The number of hydrogen-bond acceptors (Lipinski definition) is 3. The molecule has 2 aliphatic carbocycles. The van der Waals surface area contributed by atoms with Crippen LogP contribution in [-0.4, -0.2) is 17.9 Å². The molecule has 2 rings (SSSR count). The second kappa shape index (κ2) is 3.62. The lowest BCUT2D eigenvalue weighted by atomic mass is 9.68. The Hall–Kier alpha value is -0.860. The van der Waals surface area contributed by atoms with Gasteiger partial charge in [0.15, 0.2) is 0 Å². The lowest BCUT2D eigenvalue weighted by Crippen LogP contribution is -2.41. The Morgan fingerprint density at radius 3 is 2.87 bits per heavy atom. The molecule has 0 unspecified atom stereocenters. The average molecular weight is 210 g/mol. The van der Waals surface area contributed by atoms with Crippen LogP contribution in [0, 0.1) is 11.3 Å². The van der Waals surface area contributed by atoms with Gasteiger partial charge in [0.1, 0.15) is 11.9 Å². The molecule has 2 saturated carbocycles. The minimum absolute atomic E-state index is 0.0206. The van der Waals surface area contributed by atoms with Crippen LogP contribution < -0.4 is 0 Å². The van der Waals surface area contributed by atoms with Gasteiger partial charge in [-0.1, -0.05) is 6.92 Å². The van der Waals surface area contributed by atoms with E-state index in [-0.39, 0.29) is 23.4 Å². The van der Waals surface area contributed by atoms with Crippen LogP contribution in [0.5, 0.6) is 0 Å². The zero-order valence-electron chi connectivity index (χ0n) is 9.41. The third-order valence-electron chi connectivity index (χ3n) is 4.09. The standard InChI is InChI=1S/C12H18O3/c1-8(13)15-10-4-3-7-12(2)9(10)5-6-11(12)14/h9-10H,3-7H2,1-2H3/t9-,10+,12-/m0/s1. The first-order chi connectivity index (χ1) is 7.04. The highest BCUT2D eigenvalue weighted by molar-refractivity contribution is 5.87. The number of carbonyl (C=O) groups is 2. The number of carbonyl (C=O) groups excluding carboxylic acids is 2. The van der Waals surface area contributed by atoms with E-state index in [4.69, 9.17) is 4.74 Å². The highest BCUT2D eigenvalue weighted by Gasteiger charge is 2.51. The zero-order valence-corrected chi connectivity index (χ0v) is 9.41. The van der Waals surface area contributed by atoms with E-state index >= 15 is 0 Å². The van der Waals surface area contributed by atoms with Crippen LogP contribution in [0.1, 0.15) is 46.0 Å². The van der Waals surface area contributed by atoms with Crippen molar-refractivity contribution in [3.63, 3.8) is 0 Å². The monoisotopic (exact) mass is 210 g/mol. The van der Waals surface area contributed by atoms with Crippen molar-refractivity contribution in [2.45, 2.75) is 52.1 Å². The number of Topliss-reactive ketones (excluding diaryl/α,β-unsaturated/α-hetero) is 1. The summed E-state index contributed by atoms with van der Waals surface area (Å²) in [6, 6.07) is 0. The molecule has 0 spiro atoms. The van der Waals surface area contributed by atoms with E-state index in [1.165, 1.54) is 6.92 Å². The minimum atomic E-state index is -0.219. The van der Waals surface area contributed by atoms with Crippen LogP contribution in [0.3, 0.4) is 0 Å². The Morgan fingerprint density at radius 1 is 1.47 bits per heavy atom. The van der Waals surface area contributed by atoms with Gasteiger partial charge in [0.05, 0.1) is 0 Å². The fourth-order valence-electron chi connectivity index (χ4n) is 3.24. The Labute approximate surface area is 90.2 Å². The molecular weight excluding hydrogens is 192 g/mol. The number of ether oxygens (including phenoxy) is 1. The van der Waals surface area contributed by atoms with Crippen LogP contribution >= 0.6 is 0 Å². The summed E-state index contributed by atoms with van der Waals surface area (Å²) in [5.41, 5.74) is -0.210. The van der Waals surface area contributed by atoms with Gasteiger partial charge in [-0.05, 0) is 25.7 Å². The smallest absolute Gasteiger partial charge is 0.302 e. The summed E-state index contributed by atoms with van der Waals surface area (Å²) in [4.78, 5) is 22.8. The summed E-state index contributed by atoms with van der Waals surface area (Å²) in [6.07, 6.45) is 4.43. The first-order valence-electron chi connectivity index (χ1n) is 5.74. The Morgan fingerprint density at radius 2 is 2.20 bits per heavy atom. The van der Waals surface area contributed by atoms with Gasteiger partial charge >= 0.3 is 5.97 Å². The van der Waals surface area contributed by atoms with Crippen LogP contribution in [-0.2, 0) is 14.3 Å². The third kappa shape index (κ3) is 1.68. The second-order valence-electron chi connectivity index (χ2n) is 5.03. The first-order valence-corrected chi connectivity index (χ1v) is 5.74. The molecule has 0 saturated heterocycles. The van der Waals surface area contributed by atoms with Crippen LogP contribution in [0.25, 0.3) is 0 Å². The predicted molar refractivity (Wildman–Crippen MR) is 55.2 cm³/mol. The molecule has 3 heteroatoms. The normalized spacial score (nSPS) is 40.0. The van der Waals surface area contributed by atoms with E-state index in [1.54, 1.807) is 0 Å². The topological polar surface area (TPSA) is 43.4 Å². The van der Waals surface area contributed by atoms with Gasteiger partial charge in [-0.25, -0.2) is 0 Å². The van der Waals surface area contributed by atoms with Gasteiger partial charge < -0.3 is 4.74 Å². The lowest BCUT2D eigenvalue weighted by molar-refractivity contribution is -0.156. The maximum absolute atomic E-state index is 11.8. The second-order valence-corrected chi connectivity index (χ2v) is 5.03. The van der Waals surface area contributed by atoms with Gasteiger partial charge in [0, 0.05) is 24.7 Å². The largest absolute Gasteiger partial charge is 0.462 e. The van der Waals surface area contributed by atoms with Crippen molar-refractivity contribution in [3.05, 3.63) is 0 Å². The molecule has 0 aromatic rings. The molecule has 0 aromatic carbocycles. The van der Waals surface area contributed by atoms with Crippen LogP contribution in [0.15, 0.2) is 0 Å². The van der Waals surface area contributed by atoms with Crippen LogP contribution in [0.4, 0.5) is 0 Å². The number of rotatable bonds is 1. The zero-order chi connectivity index (χ0) is 11.1. The van der Waals surface area contributed by atoms with Gasteiger partial charge in [0.25, 0.3) is 0 Å². The first kappa shape index (κ1) is 10.7. The third-order valence-corrected chi connectivity index (χ3v) is 4.09. The molecule has 2 aliphatic rings. The lowest BCUT2D eigenvalue weighted by Gasteiger charge is -2.39. The fraction of sp³-hybridized carbons (Fsp3) is 0.833. The van der Waals surface area contributed by atoms with Crippen molar-refractivity contribution in [3.8, 4) is 0 Å². The van der Waals surface area contributed by atoms with Crippen molar-refractivity contribution in [1.82, 2.24) is 0 Å². The molecule has 0 aliphatic heterocycles. The Bertz CT molecular complexity index is 297. The highest BCUT2D eigenvalue weighted by Crippen LogP contribution is 2.50. The molecule has 0 radical (unpaired) electrons. The van der Waals surface area contributed by atoms with E-state index in [9.17, 15) is 9.59 Å². The summed E-state index contributed by atoms with van der Waals surface area (Å²) in [5.74, 6) is 0.413. The number of hydrogen-bond donors (Lipinski definition) is 0. The van der Waals surface area contributed by atoms with Gasteiger partial charge in [0.2, 0.25) is 0 Å². The van der Waals surface area contributed by atoms with E-state index in [0.717, 1.165) is 25.7 Å². The Balaban J connectivity index is 2.16. The van der Waals surface area contributed by atoms with Gasteiger partial charge in [-0.3, -0.25) is 9.59 Å². The number of ketones is 1. The maximum Gasteiger partial charge on any atom is 0.302 e. The number of esters is 1. The van der Waals surface area contributed by atoms with E-state index in [0.29, 0.717) is 12.2 Å². The minimum Gasteiger partial charge on any atom is -0.462 e. The molecule has 0 heterocycles. The summed E-state index contributed by atoms with van der Waals surface area (Å²) < 4.78 is 5.33. The summed E-state index contributed by atoms with van der Waals surface area (Å²) in [7, 11) is 0. The van der Waals surface area contributed by atoms with Crippen molar-refractivity contribution < 1.29 is 14.3 Å². The molecule has 84 valence electrons.